The fourth-order valence-electron chi connectivity index (χ4n) is 2.25. The van der Waals surface area contributed by atoms with Gasteiger partial charge in [0, 0.05) is 15.8 Å². The number of hydrogen-bond donors (Lipinski definition) is 2. The Labute approximate surface area is 145 Å². The minimum atomic E-state index is -1.08. The van der Waals surface area contributed by atoms with Gasteiger partial charge in [0.1, 0.15) is 10.7 Å². The first-order valence-electron chi connectivity index (χ1n) is 6.89. The monoisotopic (exact) mass is 363 g/mol. The second-order valence-corrected chi connectivity index (χ2v) is 6.60. The summed E-state index contributed by atoms with van der Waals surface area (Å²) < 4.78 is 13.9. The molecule has 0 radical (unpaired) electrons. The Hall–Kier alpha value is -2.44. The third kappa shape index (κ3) is 2.98. The molecule has 0 saturated carbocycles. The summed E-state index contributed by atoms with van der Waals surface area (Å²) in [7, 11) is 0. The molecule has 0 bridgehead atoms. The van der Waals surface area contributed by atoms with Crippen molar-refractivity contribution in [3.05, 3.63) is 63.2 Å². The number of benzene rings is 2. The summed E-state index contributed by atoms with van der Waals surface area (Å²) in [5.41, 5.74) is 1.18. The summed E-state index contributed by atoms with van der Waals surface area (Å²) in [6.07, 6.45) is 0. The Morgan fingerprint density at radius 3 is 2.67 bits per heavy atom. The maximum Gasteiger partial charge on any atom is 0.335 e. The number of nitrogens with one attached hydrogen (secondary N) is 1. The normalized spacial score (nSPS) is 10.8. The molecule has 122 valence electrons. The molecule has 2 aromatic carbocycles. The predicted molar refractivity (Wildman–Crippen MR) is 92.9 cm³/mol. The number of carboxylic acids is 1. The Morgan fingerprint density at radius 1 is 1.21 bits per heavy atom. The van der Waals surface area contributed by atoms with Crippen molar-refractivity contribution in [2.24, 2.45) is 0 Å². The summed E-state index contributed by atoms with van der Waals surface area (Å²) in [5.74, 6) is -1.95. The number of thiophene rings is 1. The average molecular weight is 364 g/mol. The summed E-state index contributed by atoms with van der Waals surface area (Å²) >= 11 is 7.31. The van der Waals surface area contributed by atoms with E-state index in [9.17, 15) is 14.0 Å². The van der Waals surface area contributed by atoms with Crippen LogP contribution in [0.3, 0.4) is 0 Å². The highest BCUT2D eigenvalue weighted by Crippen LogP contribution is 2.36. The predicted octanol–water partition coefficient (Wildman–Crippen LogP) is 4.95. The van der Waals surface area contributed by atoms with Crippen LogP contribution in [0.5, 0.6) is 0 Å². The molecule has 0 spiro atoms. The molecule has 0 aliphatic heterocycles. The Balaban J connectivity index is 1.97. The number of carbonyl (C=O) groups excluding carboxylic acids is 1. The molecular formula is C17H11ClFNO3S. The van der Waals surface area contributed by atoms with E-state index in [1.807, 2.05) is 0 Å². The molecule has 2 N–H and O–H groups in total. The lowest BCUT2D eigenvalue weighted by molar-refractivity contribution is 0.0696. The molecular weight excluding hydrogens is 353 g/mol. The number of amides is 1. The van der Waals surface area contributed by atoms with Crippen molar-refractivity contribution in [1.82, 2.24) is 0 Å². The van der Waals surface area contributed by atoms with Gasteiger partial charge < -0.3 is 10.4 Å². The Bertz CT molecular complexity index is 983. The van der Waals surface area contributed by atoms with Gasteiger partial charge in [-0.1, -0.05) is 17.7 Å². The van der Waals surface area contributed by atoms with Gasteiger partial charge in [0.25, 0.3) is 5.91 Å². The van der Waals surface area contributed by atoms with Crippen LogP contribution >= 0.6 is 22.9 Å². The smallest absolute Gasteiger partial charge is 0.335 e. The van der Waals surface area contributed by atoms with E-state index >= 15 is 0 Å². The van der Waals surface area contributed by atoms with Gasteiger partial charge in [0.05, 0.1) is 10.6 Å². The molecule has 7 heteroatoms. The molecule has 0 atom stereocenters. The van der Waals surface area contributed by atoms with Gasteiger partial charge in [-0.3, -0.25) is 4.79 Å². The zero-order valence-corrected chi connectivity index (χ0v) is 14.0. The van der Waals surface area contributed by atoms with Crippen LogP contribution in [0.2, 0.25) is 5.02 Å². The maximum atomic E-state index is 13.3. The van der Waals surface area contributed by atoms with Crippen LogP contribution < -0.4 is 5.32 Å². The van der Waals surface area contributed by atoms with Gasteiger partial charge in [-0.15, -0.1) is 11.3 Å². The number of carbonyl (C=O) groups is 2. The molecule has 0 aliphatic carbocycles. The number of aromatic carboxylic acids is 1. The first-order valence-corrected chi connectivity index (χ1v) is 8.09. The number of carboxylic acid groups (broad SMARTS) is 1. The molecule has 3 aromatic rings. The first kappa shape index (κ1) is 16.4. The maximum absolute atomic E-state index is 13.3. The van der Waals surface area contributed by atoms with Gasteiger partial charge >= 0.3 is 5.97 Å². The SMILES string of the molecule is Cc1ccc(C(=O)O)cc1NC(=O)c1sc2cc(F)ccc2c1Cl. The van der Waals surface area contributed by atoms with Gasteiger partial charge in [-0.2, -0.15) is 0 Å². The van der Waals surface area contributed by atoms with Crippen molar-refractivity contribution in [2.45, 2.75) is 6.92 Å². The number of anilines is 1. The van der Waals surface area contributed by atoms with Gasteiger partial charge in [0.2, 0.25) is 0 Å². The van der Waals surface area contributed by atoms with E-state index in [1.165, 1.54) is 30.3 Å². The molecule has 1 amide bonds. The molecule has 4 nitrogen and oxygen atoms in total. The third-order valence-electron chi connectivity index (χ3n) is 3.53. The van der Waals surface area contributed by atoms with Crippen molar-refractivity contribution in [3.63, 3.8) is 0 Å². The topological polar surface area (TPSA) is 66.4 Å². The highest BCUT2D eigenvalue weighted by Gasteiger charge is 2.18. The van der Waals surface area contributed by atoms with Crippen LogP contribution in [0.15, 0.2) is 36.4 Å². The molecule has 0 saturated heterocycles. The second kappa shape index (κ2) is 6.22. The van der Waals surface area contributed by atoms with Crippen LogP contribution in [0, 0.1) is 12.7 Å². The summed E-state index contributed by atoms with van der Waals surface area (Å²) in [6, 6.07) is 8.58. The van der Waals surface area contributed by atoms with Crippen LogP contribution in [0.25, 0.3) is 10.1 Å². The average Bonchev–Trinajstić information content (AvgIpc) is 2.85. The second-order valence-electron chi connectivity index (χ2n) is 5.17. The summed E-state index contributed by atoms with van der Waals surface area (Å²) in [5, 5.41) is 12.6. The lowest BCUT2D eigenvalue weighted by atomic mass is 10.1. The fourth-order valence-corrected chi connectivity index (χ4v) is 3.69. The Kier molecular flexibility index (Phi) is 4.26. The lowest BCUT2D eigenvalue weighted by Gasteiger charge is -2.08. The van der Waals surface area contributed by atoms with Crippen molar-refractivity contribution in [1.29, 1.82) is 0 Å². The van der Waals surface area contributed by atoms with E-state index in [0.29, 0.717) is 15.8 Å². The number of rotatable bonds is 3. The van der Waals surface area contributed by atoms with Gasteiger partial charge in [-0.05, 0) is 42.8 Å². The largest absolute Gasteiger partial charge is 0.478 e. The van der Waals surface area contributed by atoms with Gasteiger partial charge in [-0.25, -0.2) is 9.18 Å². The fraction of sp³-hybridized carbons (Fsp3) is 0.0588. The quantitative estimate of drug-likeness (QED) is 0.691. The third-order valence-corrected chi connectivity index (χ3v) is 5.19. The van der Waals surface area contributed by atoms with Crippen molar-refractivity contribution in [3.8, 4) is 0 Å². The van der Waals surface area contributed by atoms with E-state index in [0.717, 1.165) is 16.9 Å². The van der Waals surface area contributed by atoms with Crippen LogP contribution in [0.4, 0.5) is 10.1 Å². The molecule has 24 heavy (non-hydrogen) atoms. The van der Waals surface area contributed by atoms with E-state index in [1.54, 1.807) is 13.0 Å². The van der Waals surface area contributed by atoms with Crippen LogP contribution in [-0.2, 0) is 0 Å². The number of aryl methyl sites for hydroxylation is 1. The van der Waals surface area contributed by atoms with E-state index in [2.05, 4.69) is 5.32 Å². The van der Waals surface area contributed by atoms with Crippen molar-refractivity contribution >= 4 is 50.6 Å². The first-order chi connectivity index (χ1) is 11.4. The Morgan fingerprint density at radius 2 is 1.96 bits per heavy atom. The minimum absolute atomic E-state index is 0.0698. The molecule has 1 heterocycles. The minimum Gasteiger partial charge on any atom is -0.478 e. The highest BCUT2D eigenvalue weighted by atomic mass is 35.5. The van der Waals surface area contributed by atoms with Crippen LogP contribution in [0.1, 0.15) is 25.6 Å². The van der Waals surface area contributed by atoms with Crippen molar-refractivity contribution in [2.75, 3.05) is 5.32 Å². The molecule has 3 rings (SSSR count). The van der Waals surface area contributed by atoms with E-state index < -0.39 is 17.7 Å². The standard InChI is InChI=1S/C17H11ClFNO3S/c1-8-2-3-9(17(22)23)6-12(8)20-16(21)15-14(18)11-5-4-10(19)7-13(11)24-15/h2-7H,1H3,(H,20,21)(H,22,23). The zero-order chi connectivity index (χ0) is 17.4. The molecule has 0 fully saturated rings. The van der Waals surface area contributed by atoms with Gasteiger partial charge in [0.15, 0.2) is 0 Å². The van der Waals surface area contributed by atoms with Crippen LogP contribution in [-0.4, -0.2) is 17.0 Å². The highest BCUT2D eigenvalue weighted by molar-refractivity contribution is 7.21. The lowest BCUT2D eigenvalue weighted by Crippen LogP contribution is -2.12. The van der Waals surface area contributed by atoms with Crippen molar-refractivity contribution < 1.29 is 19.1 Å². The zero-order valence-electron chi connectivity index (χ0n) is 12.4. The summed E-state index contributed by atoms with van der Waals surface area (Å²) in [4.78, 5) is 23.8. The number of hydrogen-bond acceptors (Lipinski definition) is 3. The molecule has 0 unspecified atom stereocenters. The van der Waals surface area contributed by atoms with E-state index in [-0.39, 0.29) is 15.5 Å². The summed E-state index contributed by atoms with van der Waals surface area (Å²) in [6.45, 7) is 1.75. The molecule has 1 aromatic heterocycles. The number of fused-ring (bicyclic) bond motifs is 1. The van der Waals surface area contributed by atoms with E-state index in [4.69, 9.17) is 16.7 Å². The number of halogens is 2. The molecule has 0 aliphatic rings.